The van der Waals surface area contributed by atoms with Gasteiger partial charge >= 0.3 is 0 Å². The molecule has 90 valence electrons. The molecule has 1 heterocycles. The number of methoxy groups -OCH3 is 1. The van der Waals surface area contributed by atoms with Gasteiger partial charge in [0.1, 0.15) is 11.5 Å². The topological polar surface area (TPSA) is 29.5 Å². The second kappa shape index (κ2) is 4.35. The summed E-state index contributed by atoms with van der Waals surface area (Å²) in [6.45, 7) is 0. The van der Waals surface area contributed by atoms with Gasteiger partial charge in [-0.15, -0.1) is 11.3 Å². The number of ether oxygens (including phenoxy) is 1. The Bertz CT molecular complexity index is 683. The van der Waals surface area contributed by atoms with Crippen LogP contribution in [-0.2, 0) is 0 Å². The smallest absolute Gasteiger partial charge is 0.142 e. The van der Waals surface area contributed by atoms with E-state index < -0.39 is 0 Å². The first-order chi connectivity index (χ1) is 8.79. The van der Waals surface area contributed by atoms with Gasteiger partial charge in [-0.25, -0.2) is 0 Å². The molecule has 0 bridgehead atoms. The van der Waals surface area contributed by atoms with Gasteiger partial charge in [0.15, 0.2) is 0 Å². The third kappa shape index (κ3) is 1.73. The maximum Gasteiger partial charge on any atom is 0.142 e. The van der Waals surface area contributed by atoms with Crippen molar-refractivity contribution in [1.29, 1.82) is 0 Å². The third-order valence-electron chi connectivity index (χ3n) is 2.92. The van der Waals surface area contributed by atoms with Gasteiger partial charge in [-0.2, -0.15) is 0 Å². The Balaban J connectivity index is 2.15. The zero-order chi connectivity index (χ0) is 12.5. The number of thiophene rings is 1. The summed E-state index contributed by atoms with van der Waals surface area (Å²) in [5.41, 5.74) is 1.01. The van der Waals surface area contributed by atoms with Crippen LogP contribution in [0.2, 0.25) is 0 Å². The molecule has 2 nitrogen and oxygen atoms in total. The van der Waals surface area contributed by atoms with Crippen molar-refractivity contribution >= 4 is 21.4 Å². The van der Waals surface area contributed by atoms with Crippen LogP contribution in [0.15, 0.2) is 48.5 Å². The third-order valence-corrected chi connectivity index (χ3v) is 4.13. The van der Waals surface area contributed by atoms with E-state index in [9.17, 15) is 5.11 Å². The summed E-state index contributed by atoms with van der Waals surface area (Å²) < 4.78 is 6.23. The molecule has 3 heteroatoms. The maximum atomic E-state index is 10.2. The van der Waals surface area contributed by atoms with E-state index in [1.165, 1.54) is 0 Å². The number of benzene rings is 2. The summed E-state index contributed by atoms with van der Waals surface area (Å²) in [6.07, 6.45) is 0. The van der Waals surface area contributed by atoms with E-state index in [0.29, 0.717) is 5.75 Å². The fourth-order valence-electron chi connectivity index (χ4n) is 1.97. The van der Waals surface area contributed by atoms with Crippen LogP contribution in [0.5, 0.6) is 11.5 Å². The van der Waals surface area contributed by atoms with Gasteiger partial charge < -0.3 is 9.84 Å². The Morgan fingerprint density at radius 1 is 1.00 bits per heavy atom. The molecule has 0 aliphatic heterocycles. The molecule has 1 aromatic heterocycles. The first-order valence-corrected chi connectivity index (χ1v) is 6.46. The monoisotopic (exact) mass is 256 g/mol. The first kappa shape index (κ1) is 11.1. The SMILES string of the molecule is COc1ccc(-c2sc3ccccc3c2O)cc1. The van der Waals surface area contributed by atoms with E-state index in [4.69, 9.17) is 4.74 Å². The highest BCUT2D eigenvalue weighted by Crippen LogP contribution is 2.43. The molecular weight excluding hydrogens is 244 g/mol. The van der Waals surface area contributed by atoms with Crippen molar-refractivity contribution in [2.24, 2.45) is 0 Å². The molecule has 0 atom stereocenters. The van der Waals surface area contributed by atoms with E-state index in [2.05, 4.69) is 0 Å². The molecule has 3 aromatic rings. The predicted molar refractivity (Wildman–Crippen MR) is 75.5 cm³/mol. The molecule has 1 N–H and O–H groups in total. The van der Waals surface area contributed by atoms with Crippen molar-refractivity contribution in [3.05, 3.63) is 48.5 Å². The number of fused-ring (bicyclic) bond motifs is 1. The van der Waals surface area contributed by atoms with Crippen LogP contribution in [0.4, 0.5) is 0 Å². The van der Waals surface area contributed by atoms with E-state index in [0.717, 1.165) is 26.3 Å². The Morgan fingerprint density at radius 2 is 1.72 bits per heavy atom. The lowest BCUT2D eigenvalue weighted by Gasteiger charge is -2.01. The summed E-state index contributed by atoms with van der Waals surface area (Å²) in [4.78, 5) is 0.902. The normalized spacial score (nSPS) is 10.7. The van der Waals surface area contributed by atoms with E-state index >= 15 is 0 Å². The highest BCUT2D eigenvalue weighted by Gasteiger charge is 2.12. The van der Waals surface area contributed by atoms with Gasteiger partial charge in [0, 0.05) is 10.1 Å². The number of aromatic hydroxyl groups is 1. The van der Waals surface area contributed by atoms with Gasteiger partial charge in [0.2, 0.25) is 0 Å². The standard InChI is InChI=1S/C15H12O2S/c1-17-11-8-6-10(7-9-11)15-14(16)12-4-2-3-5-13(12)18-15/h2-9,16H,1H3. The molecule has 3 rings (SSSR count). The van der Waals surface area contributed by atoms with E-state index in [1.807, 2.05) is 48.5 Å². The molecule has 0 aliphatic rings. The highest BCUT2D eigenvalue weighted by molar-refractivity contribution is 7.22. The van der Waals surface area contributed by atoms with Crippen molar-refractivity contribution in [1.82, 2.24) is 0 Å². The Morgan fingerprint density at radius 3 is 2.39 bits per heavy atom. The zero-order valence-corrected chi connectivity index (χ0v) is 10.7. The van der Waals surface area contributed by atoms with Crippen molar-refractivity contribution in [2.75, 3.05) is 7.11 Å². The predicted octanol–water partition coefficient (Wildman–Crippen LogP) is 4.28. The van der Waals surface area contributed by atoms with Gasteiger partial charge in [-0.1, -0.05) is 12.1 Å². The molecule has 0 amide bonds. The minimum atomic E-state index is 0.362. The number of rotatable bonds is 2. The number of hydrogen-bond donors (Lipinski definition) is 1. The average molecular weight is 256 g/mol. The largest absolute Gasteiger partial charge is 0.506 e. The molecule has 0 fully saturated rings. The summed E-state index contributed by atoms with van der Waals surface area (Å²) in [5.74, 6) is 1.18. The van der Waals surface area contributed by atoms with Crippen molar-refractivity contribution in [2.45, 2.75) is 0 Å². The van der Waals surface area contributed by atoms with Crippen LogP contribution in [0.25, 0.3) is 20.5 Å². The summed E-state index contributed by atoms with van der Waals surface area (Å²) in [5, 5.41) is 11.2. The van der Waals surface area contributed by atoms with Crippen LogP contribution in [0.1, 0.15) is 0 Å². The average Bonchev–Trinajstić information content (AvgIpc) is 2.77. The molecule has 0 unspecified atom stereocenters. The molecule has 0 saturated heterocycles. The van der Waals surface area contributed by atoms with Crippen LogP contribution in [0, 0.1) is 0 Å². The van der Waals surface area contributed by atoms with Crippen molar-refractivity contribution in [3.63, 3.8) is 0 Å². The van der Waals surface area contributed by atoms with Crippen LogP contribution < -0.4 is 4.74 Å². The fraction of sp³-hybridized carbons (Fsp3) is 0.0667. The van der Waals surface area contributed by atoms with Gasteiger partial charge in [0.25, 0.3) is 0 Å². The maximum absolute atomic E-state index is 10.2. The lowest BCUT2D eigenvalue weighted by atomic mass is 10.1. The molecular formula is C15H12O2S. The Labute approximate surface area is 109 Å². The molecule has 0 saturated carbocycles. The quantitative estimate of drug-likeness (QED) is 0.741. The Kier molecular flexibility index (Phi) is 2.68. The first-order valence-electron chi connectivity index (χ1n) is 5.64. The second-order valence-corrected chi connectivity index (χ2v) is 5.06. The minimum Gasteiger partial charge on any atom is -0.506 e. The van der Waals surface area contributed by atoms with Crippen molar-refractivity contribution < 1.29 is 9.84 Å². The molecule has 0 aliphatic carbocycles. The van der Waals surface area contributed by atoms with Gasteiger partial charge in [-0.3, -0.25) is 0 Å². The van der Waals surface area contributed by atoms with E-state index in [-0.39, 0.29) is 0 Å². The lowest BCUT2D eigenvalue weighted by molar-refractivity contribution is 0.415. The van der Waals surface area contributed by atoms with Crippen LogP contribution in [0.3, 0.4) is 0 Å². The Hall–Kier alpha value is -2.00. The van der Waals surface area contributed by atoms with Crippen molar-refractivity contribution in [3.8, 4) is 21.9 Å². The van der Waals surface area contributed by atoms with Crippen LogP contribution in [-0.4, -0.2) is 12.2 Å². The second-order valence-electron chi connectivity index (χ2n) is 4.00. The molecule has 2 aromatic carbocycles. The molecule has 0 spiro atoms. The van der Waals surface area contributed by atoms with Gasteiger partial charge in [0.05, 0.1) is 12.0 Å². The molecule has 18 heavy (non-hydrogen) atoms. The van der Waals surface area contributed by atoms with Crippen LogP contribution >= 0.6 is 11.3 Å². The zero-order valence-electron chi connectivity index (χ0n) is 9.88. The molecule has 0 radical (unpaired) electrons. The highest BCUT2D eigenvalue weighted by atomic mass is 32.1. The van der Waals surface area contributed by atoms with E-state index in [1.54, 1.807) is 18.4 Å². The minimum absolute atomic E-state index is 0.362. The fourth-order valence-corrected chi connectivity index (χ4v) is 3.07. The summed E-state index contributed by atoms with van der Waals surface area (Å²) in [7, 11) is 1.64. The lowest BCUT2D eigenvalue weighted by Crippen LogP contribution is -1.81. The number of hydrogen-bond acceptors (Lipinski definition) is 3. The summed E-state index contributed by atoms with van der Waals surface area (Å²) in [6, 6.07) is 15.6. The van der Waals surface area contributed by atoms with Gasteiger partial charge in [-0.05, 0) is 42.0 Å². The summed E-state index contributed by atoms with van der Waals surface area (Å²) >= 11 is 1.60.